The number of fused-ring (bicyclic) bond motifs is 1. The molecule has 6 nitrogen and oxygen atoms in total. The second-order valence-electron chi connectivity index (χ2n) is 7.60. The summed E-state index contributed by atoms with van der Waals surface area (Å²) in [6.07, 6.45) is 0. The molecule has 0 bridgehead atoms. The van der Waals surface area contributed by atoms with Gasteiger partial charge in [0.15, 0.2) is 0 Å². The number of ether oxygens (including phenoxy) is 1. The Bertz CT molecular complexity index is 1190. The van der Waals surface area contributed by atoms with Crippen molar-refractivity contribution < 1.29 is 19.1 Å². The molecule has 0 aromatic heterocycles. The van der Waals surface area contributed by atoms with Crippen molar-refractivity contribution in [3.05, 3.63) is 94.5 Å². The van der Waals surface area contributed by atoms with Crippen LogP contribution in [0.5, 0.6) is 5.75 Å². The van der Waals surface area contributed by atoms with E-state index in [4.69, 9.17) is 16.3 Å². The topological polar surface area (TPSA) is 66.9 Å². The van der Waals surface area contributed by atoms with Crippen LogP contribution < -0.4 is 9.64 Å². The molecule has 0 unspecified atom stereocenters. The predicted octanol–water partition coefficient (Wildman–Crippen LogP) is 4.49. The summed E-state index contributed by atoms with van der Waals surface area (Å²) in [6.45, 7) is 2.44. The first-order valence-electron chi connectivity index (χ1n) is 10.3. The maximum Gasteiger partial charge on any atom is 0.262 e. The van der Waals surface area contributed by atoms with Gasteiger partial charge >= 0.3 is 0 Å². The smallest absolute Gasteiger partial charge is 0.262 e. The molecule has 2 heterocycles. The van der Waals surface area contributed by atoms with Crippen LogP contribution in [0.25, 0.3) is 0 Å². The number of halogens is 1. The van der Waals surface area contributed by atoms with Gasteiger partial charge in [-0.3, -0.25) is 19.3 Å². The number of carbonyl (C=O) groups excluding carboxylic acids is 3. The van der Waals surface area contributed by atoms with E-state index in [1.54, 1.807) is 65.6 Å². The SMILES string of the molecule is CCOc1ccc(N2C(=O)[C@@H](N3C(=O)c4ccccc4C3=O)[C@@H]2c2ccc(Cl)cc2)cc1. The molecule has 1 fully saturated rings. The molecule has 1 saturated heterocycles. The van der Waals surface area contributed by atoms with E-state index in [9.17, 15) is 14.4 Å². The number of carbonyl (C=O) groups is 3. The van der Waals surface area contributed by atoms with E-state index in [0.717, 1.165) is 10.5 Å². The third kappa shape index (κ3) is 3.07. The first-order chi connectivity index (χ1) is 15.5. The van der Waals surface area contributed by atoms with Gasteiger partial charge in [0.1, 0.15) is 11.8 Å². The van der Waals surface area contributed by atoms with Gasteiger partial charge in [-0.05, 0) is 61.0 Å². The number of anilines is 1. The molecule has 0 saturated carbocycles. The Morgan fingerprint density at radius 1 is 0.781 bits per heavy atom. The van der Waals surface area contributed by atoms with Gasteiger partial charge < -0.3 is 9.64 Å². The highest BCUT2D eigenvalue weighted by molar-refractivity contribution is 6.30. The lowest BCUT2D eigenvalue weighted by molar-refractivity contribution is -0.130. The summed E-state index contributed by atoms with van der Waals surface area (Å²) in [6, 6.07) is 19.4. The highest BCUT2D eigenvalue weighted by Crippen LogP contribution is 2.44. The molecule has 3 amide bonds. The number of amides is 3. The van der Waals surface area contributed by atoms with Gasteiger partial charge in [-0.1, -0.05) is 35.9 Å². The van der Waals surface area contributed by atoms with Crippen molar-refractivity contribution >= 4 is 35.0 Å². The molecule has 0 N–H and O–H groups in total. The fourth-order valence-electron chi connectivity index (χ4n) is 4.33. The molecule has 0 aliphatic carbocycles. The molecule has 5 rings (SSSR count). The third-order valence-electron chi connectivity index (χ3n) is 5.81. The van der Waals surface area contributed by atoms with E-state index in [-0.39, 0.29) is 5.91 Å². The summed E-state index contributed by atoms with van der Waals surface area (Å²) in [4.78, 5) is 42.2. The van der Waals surface area contributed by atoms with E-state index in [0.29, 0.717) is 34.2 Å². The fraction of sp³-hybridized carbons (Fsp3) is 0.160. The Kier molecular flexibility index (Phi) is 4.94. The molecule has 2 aliphatic heterocycles. The van der Waals surface area contributed by atoms with E-state index >= 15 is 0 Å². The molecule has 7 heteroatoms. The largest absolute Gasteiger partial charge is 0.494 e. The second-order valence-corrected chi connectivity index (χ2v) is 8.04. The highest BCUT2D eigenvalue weighted by atomic mass is 35.5. The molecule has 3 aromatic carbocycles. The average molecular weight is 447 g/mol. The minimum Gasteiger partial charge on any atom is -0.494 e. The summed E-state index contributed by atoms with van der Waals surface area (Å²) in [5.74, 6) is -0.517. The molecule has 160 valence electrons. The van der Waals surface area contributed by atoms with Crippen LogP contribution in [-0.2, 0) is 4.79 Å². The van der Waals surface area contributed by atoms with E-state index in [1.807, 2.05) is 19.1 Å². The highest BCUT2D eigenvalue weighted by Gasteiger charge is 2.57. The minimum atomic E-state index is -0.935. The van der Waals surface area contributed by atoms with Gasteiger partial charge in [-0.2, -0.15) is 0 Å². The number of hydrogen-bond acceptors (Lipinski definition) is 4. The van der Waals surface area contributed by atoms with Crippen LogP contribution in [0.2, 0.25) is 5.02 Å². The predicted molar refractivity (Wildman–Crippen MR) is 120 cm³/mol. The van der Waals surface area contributed by atoms with Crippen LogP contribution in [-0.4, -0.2) is 35.3 Å². The molecule has 0 radical (unpaired) electrons. The van der Waals surface area contributed by atoms with Crippen molar-refractivity contribution in [3.63, 3.8) is 0 Å². The molecular formula is C25H19ClN2O4. The molecule has 2 atom stereocenters. The second kappa shape index (κ2) is 7.80. The van der Waals surface area contributed by atoms with Crippen molar-refractivity contribution in [3.8, 4) is 5.75 Å². The van der Waals surface area contributed by atoms with Crippen LogP contribution in [0.3, 0.4) is 0 Å². The summed E-state index contributed by atoms with van der Waals surface area (Å²) >= 11 is 6.06. The molecule has 0 spiro atoms. The summed E-state index contributed by atoms with van der Waals surface area (Å²) in [7, 11) is 0. The summed E-state index contributed by atoms with van der Waals surface area (Å²) in [5.41, 5.74) is 2.08. The van der Waals surface area contributed by atoms with Crippen LogP contribution in [0.4, 0.5) is 5.69 Å². The lowest BCUT2D eigenvalue weighted by atomic mass is 9.86. The summed E-state index contributed by atoms with van der Waals surface area (Å²) < 4.78 is 5.49. The van der Waals surface area contributed by atoms with Crippen LogP contribution in [0.1, 0.15) is 39.2 Å². The minimum absolute atomic E-state index is 0.316. The van der Waals surface area contributed by atoms with Crippen molar-refractivity contribution in [2.45, 2.75) is 19.0 Å². The number of rotatable bonds is 5. The molecule has 32 heavy (non-hydrogen) atoms. The molecular weight excluding hydrogens is 428 g/mol. The Hall–Kier alpha value is -3.64. The molecule has 3 aromatic rings. The Morgan fingerprint density at radius 2 is 1.38 bits per heavy atom. The lowest BCUT2D eigenvalue weighted by Gasteiger charge is -2.49. The Morgan fingerprint density at radius 3 is 1.94 bits per heavy atom. The monoisotopic (exact) mass is 446 g/mol. The number of nitrogens with zero attached hydrogens (tertiary/aromatic N) is 2. The van der Waals surface area contributed by atoms with Crippen LogP contribution >= 0.6 is 11.6 Å². The zero-order valence-electron chi connectivity index (χ0n) is 17.2. The first-order valence-corrected chi connectivity index (χ1v) is 10.7. The van der Waals surface area contributed by atoms with Crippen molar-refractivity contribution in [1.82, 2.24) is 4.90 Å². The standard InChI is InChI=1S/C25H19ClN2O4/c1-2-32-18-13-11-17(12-14-18)27-21(15-7-9-16(26)10-8-15)22(25(27)31)28-23(29)19-5-3-4-6-20(19)24(28)30/h3-14,21-22H,2H2,1H3/t21-,22-/m0/s1. The van der Waals surface area contributed by atoms with Crippen molar-refractivity contribution in [2.75, 3.05) is 11.5 Å². The van der Waals surface area contributed by atoms with E-state index < -0.39 is 23.9 Å². The van der Waals surface area contributed by atoms with E-state index in [1.165, 1.54) is 0 Å². The zero-order chi connectivity index (χ0) is 22.4. The summed E-state index contributed by atoms with van der Waals surface area (Å²) in [5, 5.41) is 0.560. The quantitative estimate of drug-likeness (QED) is 0.428. The number of imide groups is 1. The zero-order valence-corrected chi connectivity index (χ0v) is 18.0. The average Bonchev–Trinajstić information content (AvgIpc) is 3.05. The maximum absolute atomic E-state index is 13.4. The Balaban J connectivity index is 1.54. The maximum atomic E-state index is 13.4. The van der Waals surface area contributed by atoms with Gasteiger partial charge in [0.25, 0.3) is 17.7 Å². The number of benzene rings is 3. The van der Waals surface area contributed by atoms with Crippen molar-refractivity contribution in [2.24, 2.45) is 0 Å². The number of hydrogen-bond donors (Lipinski definition) is 0. The van der Waals surface area contributed by atoms with E-state index in [2.05, 4.69) is 0 Å². The van der Waals surface area contributed by atoms with Crippen molar-refractivity contribution in [1.29, 1.82) is 0 Å². The van der Waals surface area contributed by atoms with Crippen LogP contribution in [0, 0.1) is 0 Å². The lowest BCUT2D eigenvalue weighted by Crippen LogP contribution is -2.67. The third-order valence-corrected chi connectivity index (χ3v) is 6.06. The van der Waals surface area contributed by atoms with Gasteiger partial charge in [-0.25, -0.2) is 0 Å². The number of β-lactam (4-membered cyclic amide) rings is 1. The van der Waals surface area contributed by atoms with Gasteiger partial charge in [0.2, 0.25) is 0 Å². The Labute approximate surface area is 190 Å². The van der Waals surface area contributed by atoms with Gasteiger partial charge in [-0.15, -0.1) is 0 Å². The van der Waals surface area contributed by atoms with Crippen LogP contribution in [0.15, 0.2) is 72.8 Å². The fourth-order valence-corrected chi connectivity index (χ4v) is 4.46. The molecule has 2 aliphatic rings. The normalized spacial score (nSPS) is 19.8. The first kappa shape index (κ1) is 20.3. The van der Waals surface area contributed by atoms with Gasteiger partial charge in [0.05, 0.1) is 23.8 Å². The van der Waals surface area contributed by atoms with Gasteiger partial charge in [0, 0.05) is 10.7 Å².